The first-order chi connectivity index (χ1) is 16.3. The largest absolute Gasteiger partial charge is 0.386 e. The van der Waals surface area contributed by atoms with Crippen LogP contribution < -0.4 is 20.9 Å². The molecule has 2 aliphatic rings. The van der Waals surface area contributed by atoms with Gasteiger partial charge < -0.3 is 20.9 Å². The molecule has 9 heteroatoms. The lowest BCUT2D eigenvalue weighted by atomic mass is 10.0. The van der Waals surface area contributed by atoms with Crippen molar-refractivity contribution in [1.29, 1.82) is 0 Å². The number of aromatic nitrogens is 1. The fraction of sp³-hybridized carbons (Fsp3) is 0.440. The molecule has 180 valence electrons. The Morgan fingerprint density at radius 3 is 2.68 bits per heavy atom. The fourth-order valence-electron chi connectivity index (χ4n) is 5.12. The Bertz CT molecular complexity index is 1230. The summed E-state index contributed by atoms with van der Waals surface area (Å²) in [4.78, 5) is 20.8. The molecule has 0 radical (unpaired) electrons. The number of benzene rings is 1. The van der Waals surface area contributed by atoms with Crippen molar-refractivity contribution in [1.82, 2.24) is 15.6 Å². The summed E-state index contributed by atoms with van der Waals surface area (Å²) in [6.45, 7) is 5.09. The number of pyridine rings is 1. The number of carbonyl (C=O) groups excluding carboxylic acids is 1. The number of aryl methyl sites for hydroxylation is 1. The van der Waals surface area contributed by atoms with Crippen molar-refractivity contribution in [2.24, 2.45) is 0 Å². The summed E-state index contributed by atoms with van der Waals surface area (Å²) < 4.78 is 30.0. The van der Waals surface area contributed by atoms with Crippen LogP contribution in [0, 0.1) is 18.6 Å². The van der Waals surface area contributed by atoms with Crippen molar-refractivity contribution in [3.05, 3.63) is 52.0 Å². The molecule has 0 spiro atoms. The molecular formula is C25H29F2N5OS. The zero-order valence-electron chi connectivity index (χ0n) is 19.5. The van der Waals surface area contributed by atoms with Crippen molar-refractivity contribution >= 4 is 38.8 Å². The second-order valence-electron chi connectivity index (χ2n) is 9.38. The summed E-state index contributed by atoms with van der Waals surface area (Å²) in [5, 5.41) is 10.4. The first-order valence-corrected chi connectivity index (χ1v) is 12.5. The molecular weight excluding hydrogens is 456 g/mol. The third kappa shape index (κ3) is 4.34. The van der Waals surface area contributed by atoms with Gasteiger partial charge in [0, 0.05) is 55.4 Å². The van der Waals surface area contributed by atoms with Crippen LogP contribution in [-0.4, -0.2) is 49.2 Å². The number of nitrogens with zero attached hydrogens (tertiary/aromatic N) is 2. The molecule has 2 bridgehead atoms. The van der Waals surface area contributed by atoms with Crippen LogP contribution in [0.2, 0.25) is 0 Å². The average molecular weight is 486 g/mol. The number of thiophene rings is 1. The summed E-state index contributed by atoms with van der Waals surface area (Å²) in [7, 11) is 1.77. The molecule has 1 amide bonds. The van der Waals surface area contributed by atoms with E-state index in [0.29, 0.717) is 35.7 Å². The number of carbonyl (C=O) groups is 1. The summed E-state index contributed by atoms with van der Waals surface area (Å²) in [5.74, 6) is -1.12. The van der Waals surface area contributed by atoms with Crippen molar-refractivity contribution in [2.45, 2.75) is 51.2 Å². The minimum absolute atomic E-state index is 0.193. The Hall–Kier alpha value is -2.78. The SMILES string of the molecule is CNc1c(C(=O)N[C@@H](C)Cc2cc(F)c(N3CC4CCC(C3)N4)cc2F)sc2nc(C)ccc12. The number of rotatable bonds is 6. The minimum Gasteiger partial charge on any atom is -0.386 e. The predicted molar refractivity (Wildman–Crippen MR) is 133 cm³/mol. The van der Waals surface area contributed by atoms with Crippen molar-refractivity contribution < 1.29 is 13.6 Å². The number of hydrogen-bond acceptors (Lipinski definition) is 6. The van der Waals surface area contributed by atoms with E-state index in [2.05, 4.69) is 20.9 Å². The molecule has 5 rings (SSSR count). The molecule has 4 heterocycles. The number of piperazine rings is 1. The monoisotopic (exact) mass is 485 g/mol. The third-order valence-electron chi connectivity index (χ3n) is 6.73. The van der Waals surface area contributed by atoms with E-state index in [1.807, 2.05) is 24.0 Å². The lowest BCUT2D eigenvalue weighted by Crippen LogP contribution is -2.51. The van der Waals surface area contributed by atoms with Gasteiger partial charge in [0.2, 0.25) is 0 Å². The highest BCUT2D eigenvalue weighted by Gasteiger charge is 2.33. The standard InChI is InChI=1S/C25H29F2N5OS/c1-13-4-7-18-22(28-3)23(34-25(18)30-13)24(33)29-14(2)8-15-9-20(27)21(10-19(15)26)32-11-16-5-6-17(12-32)31-16/h4,7,9-10,14,16-17,28,31H,5-6,8,11-12H2,1-3H3,(H,29,33)/t14-,16?,17?/m0/s1. The van der Waals surface area contributed by atoms with Crippen LogP contribution in [0.15, 0.2) is 24.3 Å². The van der Waals surface area contributed by atoms with Gasteiger partial charge in [0.1, 0.15) is 21.3 Å². The third-order valence-corrected chi connectivity index (χ3v) is 7.83. The van der Waals surface area contributed by atoms with Gasteiger partial charge in [-0.1, -0.05) is 0 Å². The Balaban J connectivity index is 1.30. The minimum atomic E-state index is -0.444. The van der Waals surface area contributed by atoms with Crippen LogP contribution in [0.4, 0.5) is 20.2 Å². The lowest BCUT2D eigenvalue weighted by Gasteiger charge is -2.35. The highest BCUT2D eigenvalue weighted by atomic mass is 32.1. The summed E-state index contributed by atoms with van der Waals surface area (Å²) in [6, 6.07) is 6.74. The normalized spacial score (nSPS) is 20.6. The number of nitrogens with one attached hydrogen (secondary N) is 3. The van der Waals surface area contributed by atoms with E-state index >= 15 is 0 Å². The second kappa shape index (κ2) is 9.11. The topological polar surface area (TPSA) is 69.3 Å². The quantitative estimate of drug-likeness (QED) is 0.488. The van der Waals surface area contributed by atoms with Crippen molar-refractivity contribution in [2.75, 3.05) is 30.4 Å². The van der Waals surface area contributed by atoms with Gasteiger partial charge in [-0.3, -0.25) is 4.79 Å². The summed E-state index contributed by atoms with van der Waals surface area (Å²) >= 11 is 1.32. The molecule has 0 aliphatic carbocycles. The van der Waals surface area contributed by atoms with Gasteiger partial charge in [0.05, 0.1) is 11.4 Å². The maximum absolute atomic E-state index is 15.0. The van der Waals surface area contributed by atoms with Gasteiger partial charge in [-0.15, -0.1) is 11.3 Å². The van der Waals surface area contributed by atoms with Crippen LogP contribution in [0.3, 0.4) is 0 Å². The Kier molecular flexibility index (Phi) is 6.16. The zero-order valence-corrected chi connectivity index (χ0v) is 20.4. The summed E-state index contributed by atoms with van der Waals surface area (Å²) in [6.07, 6.45) is 2.34. The van der Waals surface area contributed by atoms with E-state index in [-0.39, 0.29) is 23.9 Å². The molecule has 2 fully saturated rings. The molecule has 3 aromatic rings. The van der Waals surface area contributed by atoms with Crippen molar-refractivity contribution in [3.63, 3.8) is 0 Å². The smallest absolute Gasteiger partial charge is 0.263 e. The Morgan fingerprint density at radius 1 is 1.24 bits per heavy atom. The molecule has 6 nitrogen and oxygen atoms in total. The lowest BCUT2D eigenvalue weighted by molar-refractivity contribution is 0.0945. The first-order valence-electron chi connectivity index (χ1n) is 11.7. The van der Waals surface area contributed by atoms with Gasteiger partial charge >= 0.3 is 0 Å². The van der Waals surface area contributed by atoms with Crippen LogP contribution in [-0.2, 0) is 6.42 Å². The van der Waals surface area contributed by atoms with Gasteiger partial charge in [0.25, 0.3) is 5.91 Å². The highest BCUT2D eigenvalue weighted by molar-refractivity contribution is 7.21. The molecule has 34 heavy (non-hydrogen) atoms. The Labute approximate surface area is 201 Å². The van der Waals surface area contributed by atoms with E-state index in [0.717, 1.165) is 34.4 Å². The van der Waals surface area contributed by atoms with Crippen molar-refractivity contribution in [3.8, 4) is 0 Å². The average Bonchev–Trinajstić information content (AvgIpc) is 3.34. The number of amides is 1. The molecule has 1 aromatic carbocycles. The maximum Gasteiger partial charge on any atom is 0.263 e. The van der Waals surface area contributed by atoms with Gasteiger partial charge in [-0.2, -0.15) is 0 Å². The van der Waals surface area contributed by atoms with Crippen LogP contribution >= 0.6 is 11.3 Å². The molecule has 2 unspecified atom stereocenters. The van der Waals surface area contributed by atoms with E-state index in [9.17, 15) is 13.6 Å². The van der Waals surface area contributed by atoms with E-state index in [4.69, 9.17) is 0 Å². The number of halogens is 2. The molecule has 3 N–H and O–H groups in total. The van der Waals surface area contributed by atoms with Gasteiger partial charge in [-0.25, -0.2) is 13.8 Å². The molecule has 3 atom stereocenters. The predicted octanol–water partition coefficient (Wildman–Crippen LogP) is 4.23. The van der Waals surface area contributed by atoms with Crippen LogP contribution in [0.5, 0.6) is 0 Å². The van der Waals surface area contributed by atoms with E-state index < -0.39 is 11.6 Å². The molecule has 2 aliphatic heterocycles. The van der Waals surface area contributed by atoms with E-state index in [1.165, 1.54) is 23.5 Å². The van der Waals surface area contributed by atoms with Crippen LogP contribution in [0.25, 0.3) is 10.2 Å². The van der Waals surface area contributed by atoms with Gasteiger partial charge in [0.15, 0.2) is 0 Å². The maximum atomic E-state index is 15.0. The van der Waals surface area contributed by atoms with Crippen LogP contribution in [0.1, 0.15) is 40.7 Å². The second-order valence-corrected chi connectivity index (χ2v) is 10.4. The Morgan fingerprint density at radius 2 is 1.97 bits per heavy atom. The number of fused-ring (bicyclic) bond motifs is 3. The number of anilines is 2. The zero-order chi connectivity index (χ0) is 24.0. The van der Waals surface area contributed by atoms with E-state index in [1.54, 1.807) is 14.0 Å². The summed E-state index contributed by atoms with van der Waals surface area (Å²) in [5.41, 5.74) is 2.19. The molecule has 2 saturated heterocycles. The first kappa shape index (κ1) is 23.0. The fourth-order valence-corrected chi connectivity index (χ4v) is 6.25. The van der Waals surface area contributed by atoms with Gasteiger partial charge in [-0.05, 0) is 56.9 Å². The molecule has 0 saturated carbocycles. The number of hydrogen-bond donors (Lipinski definition) is 3. The highest BCUT2D eigenvalue weighted by Crippen LogP contribution is 2.35. The molecule has 2 aromatic heterocycles.